The smallest absolute Gasteiger partial charge is 0.245 e. The Bertz CT molecular complexity index is 522. The molecule has 1 atom stereocenters. The van der Waals surface area contributed by atoms with Crippen LogP contribution >= 0.6 is 27.3 Å². The largest absolute Gasteiger partial charge is 0.391 e. The highest BCUT2D eigenvalue weighted by molar-refractivity contribution is 9.11. The van der Waals surface area contributed by atoms with Crippen molar-refractivity contribution in [3.63, 3.8) is 0 Å². The van der Waals surface area contributed by atoms with Crippen molar-refractivity contribution in [1.29, 1.82) is 0 Å². The molecule has 0 amide bonds. The van der Waals surface area contributed by atoms with Gasteiger partial charge in [0.25, 0.3) is 0 Å². The molecule has 0 radical (unpaired) electrons. The van der Waals surface area contributed by atoms with Gasteiger partial charge in [0.1, 0.15) is 4.90 Å². The minimum absolute atomic E-state index is 0.112. The van der Waals surface area contributed by atoms with Crippen LogP contribution in [-0.4, -0.2) is 44.1 Å². The van der Waals surface area contributed by atoms with Crippen LogP contribution in [0.1, 0.15) is 11.3 Å². The predicted molar refractivity (Wildman–Crippen MR) is 72.1 cm³/mol. The van der Waals surface area contributed by atoms with Gasteiger partial charge in [0.15, 0.2) is 0 Å². The number of halogens is 1. The van der Waals surface area contributed by atoms with Gasteiger partial charge in [-0.15, -0.1) is 11.3 Å². The topological polar surface area (TPSA) is 66.8 Å². The Balaban J connectivity index is 2.31. The van der Waals surface area contributed by atoms with Crippen LogP contribution in [0.2, 0.25) is 0 Å². The van der Waals surface area contributed by atoms with Crippen molar-refractivity contribution in [1.82, 2.24) is 4.31 Å². The van der Waals surface area contributed by atoms with Crippen molar-refractivity contribution in [3.8, 4) is 0 Å². The molecule has 1 N–H and O–H groups in total. The lowest BCUT2D eigenvalue weighted by atomic mass is 10.3. The Morgan fingerprint density at radius 3 is 2.89 bits per heavy atom. The molecule has 8 heteroatoms. The van der Waals surface area contributed by atoms with Gasteiger partial charge >= 0.3 is 0 Å². The average Bonchev–Trinajstić information content (AvgIpc) is 2.96. The van der Waals surface area contributed by atoms with E-state index in [1.807, 2.05) is 0 Å². The fourth-order valence-corrected chi connectivity index (χ4v) is 5.67. The number of sulfonamides is 1. The molecule has 0 saturated carbocycles. The molecule has 1 aliphatic heterocycles. The zero-order valence-corrected chi connectivity index (χ0v) is 13.0. The van der Waals surface area contributed by atoms with Gasteiger partial charge in [0.05, 0.1) is 23.0 Å². The number of hydrogen-bond donors (Lipinski definition) is 1. The summed E-state index contributed by atoms with van der Waals surface area (Å²) in [6.07, 6.45) is 0.713. The van der Waals surface area contributed by atoms with Gasteiger partial charge < -0.3 is 9.84 Å². The number of ether oxygens (including phenoxy) is 1. The highest BCUT2D eigenvalue weighted by Crippen LogP contribution is 2.34. The van der Waals surface area contributed by atoms with Gasteiger partial charge in [-0.1, -0.05) is 0 Å². The molecule has 0 aliphatic carbocycles. The molecule has 2 rings (SSSR count). The molecule has 5 nitrogen and oxygen atoms in total. The summed E-state index contributed by atoms with van der Waals surface area (Å²) in [6.45, 7) is 0.872. The van der Waals surface area contributed by atoms with Crippen molar-refractivity contribution in [2.45, 2.75) is 24.0 Å². The lowest BCUT2D eigenvalue weighted by molar-refractivity contribution is 0.181. The number of thiophene rings is 1. The van der Waals surface area contributed by atoms with Crippen LogP contribution in [-0.2, 0) is 21.4 Å². The molecule has 1 fully saturated rings. The molecule has 2 heterocycles. The van der Waals surface area contributed by atoms with E-state index in [0.717, 1.165) is 0 Å². The summed E-state index contributed by atoms with van der Waals surface area (Å²) in [5, 5.41) is 9.05. The average molecular weight is 356 g/mol. The van der Waals surface area contributed by atoms with Crippen molar-refractivity contribution < 1.29 is 18.3 Å². The molecule has 1 aromatic rings. The molecule has 1 aromatic heterocycles. The Morgan fingerprint density at radius 1 is 1.67 bits per heavy atom. The van der Waals surface area contributed by atoms with E-state index in [4.69, 9.17) is 9.84 Å². The molecular weight excluding hydrogens is 342 g/mol. The van der Waals surface area contributed by atoms with Crippen molar-refractivity contribution >= 4 is 37.3 Å². The van der Waals surface area contributed by atoms with E-state index < -0.39 is 10.0 Å². The number of aliphatic hydroxyl groups excluding tert-OH is 1. The molecule has 1 aliphatic rings. The predicted octanol–water partition coefficient (Wildman–Crippen LogP) is 1.41. The SMILES string of the molecule is CN(C1CCOC1)S(=O)(=O)c1cc(CO)sc1Br. The second-order valence-electron chi connectivity index (χ2n) is 4.05. The molecule has 0 spiro atoms. The van der Waals surface area contributed by atoms with Crippen LogP contribution in [0, 0.1) is 0 Å². The summed E-state index contributed by atoms with van der Waals surface area (Å²) in [4.78, 5) is 0.836. The zero-order valence-electron chi connectivity index (χ0n) is 9.80. The second-order valence-corrected chi connectivity index (χ2v) is 8.47. The van der Waals surface area contributed by atoms with Crippen LogP contribution in [0.15, 0.2) is 14.7 Å². The van der Waals surface area contributed by atoms with Gasteiger partial charge in [-0.3, -0.25) is 0 Å². The van der Waals surface area contributed by atoms with Crippen LogP contribution in [0.5, 0.6) is 0 Å². The van der Waals surface area contributed by atoms with Crippen molar-refractivity contribution in [2.75, 3.05) is 20.3 Å². The first kappa shape index (κ1) is 14.4. The minimum atomic E-state index is -3.54. The molecule has 1 unspecified atom stereocenters. The van der Waals surface area contributed by atoms with Gasteiger partial charge in [0, 0.05) is 18.5 Å². The first-order valence-corrected chi connectivity index (χ1v) is 8.46. The molecule has 1 saturated heterocycles. The molecule has 0 aromatic carbocycles. The quantitative estimate of drug-likeness (QED) is 0.886. The summed E-state index contributed by atoms with van der Waals surface area (Å²) >= 11 is 4.47. The summed E-state index contributed by atoms with van der Waals surface area (Å²) in [6, 6.07) is 1.40. The summed E-state index contributed by atoms with van der Waals surface area (Å²) in [5.74, 6) is 0. The molecular formula is C10H14BrNO4S2. The Kier molecular flexibility index (Phi) is 4.45. The van der Waals surface area contributed by atoms with E-state index in [2.05, 4.69) is 15.9 Å². The summed E-state index contributed by atoms with van der Waals surface area (Å²) in [5.41, 5.74) is 0. The van der Waals surface area contributed by atoms with Crippen LogP contribution < -0.4 is 0 Å². The monoisotopic (exact) mass is 355 g/mol. The lowest BCUT2D eigenvalue weighted by Gasteiger charge is -2.22. The lowest BCUT2D eigenvalue weighted by Crippen LogP contribution is -2.37. The second kappa shape index (κ2) is 5.56. The van der Waals surface area contributed by atoms with Gasteiger partial charge in [0.2, 0.25) is 10.0 Å². The minimum Gasteiger partial charge on any atom is -0.391 e. The van der Waals surface area contributed by atoms with E-state index in [-0.39, 0.29) is 17.5 Å². The highest BCUT2D eigenvalue weighted by Gasteiger charge is 2.32. The van der Waals surface area contributed by atoms with Gasteiger partial charge in [-0.25, -0.2) is 8.42 Å². The number of likely N-dealkylation sites (N-methyl/N-ethyl adjacent to an activating group) is 1. The highest BCUT2D eigenvalue weighted by atomic mass is 79.9. The van der Waals surface area contributed by atoms with Crippen LogP contribution in [0.25, 0.3) is 0 Å². The Morgan fingerprint density at radius 2 is 2.39 bits per heavy atom. The Labute approximate surface area is 119 Å². The van der Waals surface area contributed by atoms with Crippen molar-refractivity contribution in [2.24, 2.45) is 0 Å². The maximum atomic E-state index is 12.4. The summed E-state index contributed by atoms with van der Waals surface area (Å²) < 4.78 is 32.0. The number of rotatable bonds is 4. The zero-order chi connectivity index (χ0) is 13.3. The van der Waals surface area contributed by atoms with Gasteiger partial charge in [-0.2, -0.15) is 4.31 Å². The molecule has 0 bridgehead atoms. The van der Waals surface area contributed by atoms with E-state index in [9.17, 15) is 8.42 Å². The van der Waals surface area contributed by atoms with E-state index in [1.54, 1.807) is 7.05 Å². The third kappa shape index (κ3) is 2.63. The fourth-order valence-electron chi connectivity index (χ4n) is 1.81. The fraction of sp³-hybridized carbons (Fsp3) is 0.600. The van der Waals surface area contributed by atoms with E-state index >= 15 is 0 Å². The van der Waals surface area contributed by atoms with Gasteiger partial charge in [-0.05, 0) is 28.4 Å². The van der Waals surface area contributed by atoms with Crippen LogP contribution in [0.4, 0.5) is 0 Å². The molecule has 18 heavy (non-hydrogen) atoms. The molecule has 102 valence electrons. The van der Waals surface area contributed by atoms with E-state index in [0.29, 0.717) is 28.3 Å². The van der Waals surface area contributed by atoms with E-state index in [1.165, 1.54) is 21.7 Å². The normalized spacial score (nSPS) is 20.8. The first-order chi connectivity index (χ1) is 8.46. The Hall–Kier alpha value is 0.01000. The number of aliphatic hydroxyl groups is 1. The maximum absolute atomic E-state index is 12.4. The van der Waals surface area contributed by atoms with Crippen LogP contribution in [0.3, 0.4) is 0 Å². The third-order valence-corrected chi connectivity index (χ3v) is 7.09. The van der Waals surface area contributed by atoms with Crippen molar-refractivity contribution in [3.05, 3.63) is 14.7 Å². The number of nitrogens with zero attached hydrogens (tertiary/aromatic N) is 1. The number of hydrogen-bond acceptors (Lipinski definition) is 5. The maximum Gasteiger partial charge on any atom is 0.245 e. The standard InChI is InChI=1S/C10H14BrNO4S2/c1-12(7-2-3-16-6-7)18(14,15)9-4-8(5-13)17-10(9)11/h4,7,13H,2-3,5-6H2,1H3. The first-order valence-electron chi connectivity index (χ1n) is 5.41. The summed E-state index contributed by atoms with van der Waals surface area (Å²) in [7, 11) is -1.97. The third-order valence-electron chi connectivity index (χ3n) is 2.94.